The van der Waals surface area contributed by atoms with E-state index in [4.69, 9.17) is 11.6 Å². The van der Waals surface area contributed by atoms with Crippen molar-refractivity contribution in [3.8, 4) is 20.9 Å². The van der Waals surface area contributed by atoms with Crippen molar-refractivity contribution in [2.24, 2.45) is 0 Å². The van der Waals surface area contributed by atoms with E-state index in [9.17, 15) is 13.2 Å². The molecule has 5 rings (SSSR count). The maximum Gasteiger partial charge on any atom is 0.254 e. The van der Waals surface area contributed by atoms with Gasteiger partial charge in [0.1, 0.15) is 0 Å². The van der Waals surface area contributed by atoms with Gasteiger partial charge in [0.15, 0.2) is 9.84 Å². The third-order valence-corrected chi connectivity index (χ3v) is 8.68. The summed E-state index contributed by atoms with van der Waals surface area (Å²) in [5.41, 5.74) is 4.32. The molecule has 0 radical (unpaired) electrons. The summed E-state index contributed by atoms with van der Waals surface area (Å²) in [6.07, 6.45) is 3.32. The normalized spacial score (nSPS) is 13.4. The van der Waals surface area contributed by atoms with Gasteiger partial charge < -0.3 is 4.90 Å². The molecule has 0 saturated heterocycles. The fraction of sp³-hybridized carbons (Fsp3) is 0.120. The molecule has 2 aromatic heterocycles. The van der Waals surface area contributed by atoms with Crippen molar-refractivity contribution in [3.63, 3.8) is 0 Å². The van der Waals surface area contributed by atoms with Gasteiger partial charge >= 0.3 is 0 Å². The van der Waals surface area contributed by atoms with Crippen LogP contribution in [-0.2, 0) is 22.1 Å². The molecule has 0 bridgehead atoms. The minimum atomic E-state index is -3.54. The summed E-state index contributed by atoms with van der Waals surface area (Å²) in [7, 11) is -1.74. The zero-order valence-corrected chi connectivity index (χ0v) is 20.0. The van der Waals surface area contributed by atoms with Crippen molar-refractivity contribution in [1.82, 2.24) is 9.88 Å². The predicted octanol–water partition coefficient (Wildman–Crippen LogP) is 5.69. The topological polar surface area (TPSA) is 67.3 Å². The van der Waals surface area contributed by atoms with E-state index in [2.05, 4.69) is 11.1 Å². The molecule has 0 aliphatic carbocycles. The number of sulfone groups is 1. The number of carbonyl (C=O) groups excluding carboxylic acids is 1. The zero-order chi connectivity index (χ0) is 23.2. The van der Waals surface area contributed by atoms with Crippen LogP contribution in [0.2, 0.25) is 5.02 Å². The van der Waals surface area contributed by atoms with Crippen LogP contribution in [0, 0.1) is 0 Å². The van der Waals surface area contributed by atoms with Crippen LogP contribution < -0.4 is 0 Å². The molecule has 5 nitrogen and oxygen atoms in total. The van der Waals surface area contributed by atoms with E-state index in [-0.39, 0.29) is 16.6 Å². The largest absolute Gasteiger partial charge is 0.337 e. The minimum Gasteiger partial charge on any atom is -0.337 e. The van der Waals surface area contributed by atoms with Gasteiger partial charge in [0.05, 0.1) is 10.6 Å². The Morgan fingerprint density at radius 3 is 2.58 bits per heavy atom. The predicted molar refractivity (Wildman–Crippen MR) is 131 cm³/mol. The lowest BCUT2D eigenvalue weighted by Gasteiger charge is -2.06. The summed E-state index contributed by atoms with van der Waals surface area (Å²) >= 11 is 7.57. The fourth-order valence-electron chi connectivity index (χ4n) is 3.93. The number of carbonyl (C=O) groups is 1. The maximum atomic E-state index is 12.8. The van der Waals surface area contributed by atoms with Crippen LogP contribution in [-0.4, -0.2) is 31.3 Å². The van der Waals surface area contributed by atoms with Gasteiger partial charge in [0.2, 0.25) is 0 Å². The second-order valence-electron chi connectivity index (χ2n) is 8.00. The summed E-state index contributed by atoms with van der Waals surface area (Å²) in [6.45, 7) is 0.618. The van der Waals surface area contributed by atoms with Gasteiger partial charge in [-0.05, 0) is 65.2 Å². The number of hydrogen-bond donors (Lipinski definition) is 0. The minimum absolute atomic E-state index is 0.0547. The van der Waals surface area contributed by atoms with E-state index >= 15 is 0 Å². The molecule has 2 aromatic carbocycles. The van der Waals surface area contributed by atoms with E-state index in [1.54, 1.807) is 53.9 Å². The van der Waals surface area contributed by atoms with Crippen molar-refractivity contribution < 1.29 is 13.2 Å². The fourth-order valence-corrected chi connectivity index (χ4v) is 6.53. The van der Waals surface area contributed by atoms with Gasteiger partial charge in [-0.15, -0.1) is 11.3 Å². The van der Waals surface area contributed by atoms with Crippen molar-refractivity contribution in [2.45, 2.75) is 17.2 Å². The van der Waals surface area contributed by atoms with Crippen LogP contribution >= 0.6 is 22.9 Å². The Labute approximate surface area is 201 Å². The molecule has 1 amide bonds. The highest BCUT2D eigenvalue weighted by molar-refractivity contribution is 7.90. The van der Waals surface area contributed by atoms with E-state index in [0.717, 1.165) is 32.0 Å². The van der Waals surface area contributed by atoms with Gasteiger partial charge in [0, 0.05) is 51.9 Å². The van der Waals surface area contributed by atoms with E-state index in [0.29, 0.717) is 17.1 Å². The average molecular weight is 495 g/mol. The van der Waals surface area contributed by atoms with E-state index in [1.807, 2.05) is 30.3 Å². The number of thiophene rings is 1. The van der Waals surface area contributed by atoms with Crippen LogP contribution in [0.1, 0.15) is 21.5 Å². The average Bonchev–Trinajstić information content (AvgIpc) is 3.39. The Morgan fingerprint density at radius 2 is 1.79 bits per heavy atom. The molecule has 0 saturated carbocycles. The number of nitrogens with zero attached hydrogens (tertiary/aromatic N) is 2. The zero-order valence-electron chi connectivity index (χ0n) is 17.7. The molecule has 0 atom stereocenters. The van der Waals surface area contributed by atoms with Crippen LogP contribution in [0.4, 0.5) is 0 Å². The standard InChI is InChI=1S/C25H19ClN2O3S2/c1-28-14-19-10-17(5-6-22(19)25(28)29)23-7-8-24(32-23)18-9-16(12-27-13-18)15-33(30,31)21-4-2-3-20(26)11-21/h2-13H,14-15H2,1H3. The van der Waals surface area contributed by atoms with E-state index in [1.165, 1.54) is 6.07 Å². The SMILES string of the molecule is CN1Cc2cc(-c3ccc(-c4cncc(CS(=O)(=O)c5cccc(Cl)c5)c4)s3)ccc2C1=O. The number of aromatic nitrogens is 1. The summed E-state index contributed by atoms with van der Waals surface area (Å²) < 4.78 is 25.6. The maximum absolute atomic E-state index is 12.8. The Morgan fingerprint density at radius 1 is 1.00 bits per heavy atom. The molecule has 0 fully saturated rings. The van der Waals surface area contributed by atoms with Crippen LogP contribution in [0.25, 0.3) is 20.9 Å². The number of rotatable bonds is 5. The number of pyridine rings is 1. The lowest BCUT2D eigenvalue weighted by atomic mass is 10.1. The van der Waals surface area contributed by atoms with Gasteiger partial charge in [-0.1, -0.05) is 23.7 Å². The van der Waals surface area contributed by atoms with Gasteiger partial charge in [-0.2, -0.15) is 0 Å². The van der Waals surface area contributed by atoms with Crippen molar-refractivity contribution in [1.29, 1.82) is 0 Å². The van der Waals surface area contributed by atoms with Crippen LogP contribution in [0.5, 0.6) is 0 Å². The molecule has 33 heavy (non-hydrogen) atoms. The molecule has 0 N–H and O–H groups in total. The number of benzene rings is 2. The van der Waals surface area contributed by atoms with E-state index < -0.39 is 9.84 Å². The highest BCUT2D eigenvalue weighted by atomic mass is 35.5. The molecule has 1 aliphatic rings. The summed E-state index contributed by atoms with van der Waals surface area (Å²) in [5, 5.41) is 0.386. The van der Waals surface area contributed by atoms with Gasteiger partial charge in [0.25, 0.3) is 5.91 Å². The molecule has 4 aromatic rings. The Hall–Kier alpha value is -3.00. The second kappa shape index (κ2) is 8.41. The first-order valence-electron chi connectivity index (χ1n) is 10.2. The smallest absolute Gasteiger partial charge is 0.254 e. The first-order valence-corrected chi connectivity index (χ1v) is 13.1. The van der Waals surface area contributed by atoms with Gasteiger partial charge in [-0.3, -0.25) is 9.78 Å². The highest BCUT2D eigenvalue weighted by Crippen LogP contribution is 2.36. The molecule has 8 heteroatoms. The first-order chi connectivity index (χ1) is 15.8. The third-order valence-electron chi connectivity index (χ3n) is 5.57. The monoisotopic (exact) mass is 494 g/mol. The van der Waals surface area contributed by atoms with Crippen LogP contribution in [0.3, 0.4) is 0 Å². The van der Waals surface area contributed by atoms with Crippen molar-refractivity contribution in [2.75, 3.05) is 7.05 Å². The summed E-state index contributed by atoms with van der Waals surface area (Å²) in [6, 6.07) is 18.1. The lowest BCUT2D eigenvalue weighted by molar-refractivity contribution is 0.0816. The number of amides is 1. The molecule has 0 unspecified atom stereocenters. The number of fused-ring (bicyclic) bond motifs is 1. The second-order valence-corrected chi connectivity index (χ2v) is 11.5. The van der Waals surface area contributed by atoms with Crippen molar-refractivity contribution in [3.05, 3.63) is 94.8 Å². The number of hydrogen-bond acceptors (Lipinski definition) is 5. The molecule has 0 spiro atoms. The Kier molecular flexibility index (Phi) is 5.56. The Balaban J connectivity index is 1.41. The third kappa shape index (κ3) is 4.31. The number of halogens is 1. The molecule has 1 aliphatic heterocycles. The summed E-state index contributed by atoms with van der Waals surface area (Å²) in [5.74, 6) is -0.0993. The quantitative estimate of drug-likeness (QED) is 0.357. The van der Waals surface area contributed by atoms with Gasteiger partial charge in [-0.25, -0.2) is 8.42 Å². The molecular weight excluding hydrogens is 476 g/mol. The van der Waals surface area contributed by atoms with Crippen LogP contribution in [0.15, 0.2) is 78.0 Å². The highest BCUT2D eigenvalue weighted by Gasteiger charge is 2.24. The lowest BCUT2D eigenvalue weighted by Crippen LogP contribution is -2.17. The van der Waals surface area contributed by atoms with Crippen molar-refractivity contribution >= 4 is 38.7 Å². The molecular formula is C25H19ClN2O3S2. The Bertz CT molecular complexity index is 1500. The molecule has 166 valence electrons. The molecule has 3 heterocycles. The first kappa shape index (κ1) is 21.8. The summed E-state index contributed by atoms with van der Waals surface area (Å²) in [4.78, 5) is 20.4.